The van der Waals surface area contributed by atoms with E-state index < -0.39 is 11.2 Å². The van der Waals surface area contributed by atoms with E-state index in [1.165, 1.54) is 25.3 Å². The Morgan fingerprint density at radius 2 is 1.85 bits per heavy atom. The molecule has 0 spiro atoms. The summed E-state index contributed by atoms with van der Waals surface area (Å²) < 4.78 is 21.3. The molecule has 0 amide bonds. The van der Waals surface area contributed by atoms with Crippen LogP contribution in [0.2, 0.25) is 0 Å². The molecule has 1 aromatic carbocycles. The molecular formula is C13H19NO6. The van der Waals surface area contributed by atoms with Crippen LogP contribution in [0.5, 0.6) is 11.5 Å². The Kier molecular flexibility index (Phi) is 6.75. The van der Waals surface area contributed by atoms with Gasteiger partial charge in [-0.1, -0.05) is 0 Å². The summed E-state index contributed by atoms with van der Waals surface area (Å²) in [4.78, 5) is 10.2. The first-order chi connectivity index (χ1) is 9.62. The predicted molar refractivity (Wildman–Crippen MR) is 72.2 cm³/mol. The molecular weight excluding hydrogens is 266 g/mol. The van der Waals surface area contributed by atoms with Gasteiger partial charge in [-0.25, -0.2) is 0 Å². The van der Waals surface area contributed by atoms with E-state index in [1.54, 1.807) is 0 Å². The van der Waals surface area contributed by atoms with Gasteiger partial charge in [0.25, 0.3) is 5.69 Å². The number of rotatable bonds is 9. The minimum absolute atomic E-state index is 0.0552. The Balaban J connectivity index is 2.73. The number of nitro groups is 1. The second-order valence-electron chi connectivity index (χ2n) is 3.74. The first-order valence-electron chi connectivity index (χ1n) is 6.30. The maximum absolute atomic E-state index is 10.7. The summed E-state index contributed by atoms with van der Waals surface area (Å²) in [5.74, 6) is 0.702. The monoisotopic (exact) mass is 285 g/mol. The van der Waals surface area contributed by atoms with Crippen molar-refractivity contribution in [3.8, 4) is 11.5 Å². The average Bonchev–Trinajstić information content (AvgIpc) is 2.45. The molecule has 0 N–H and O–H groups in total. The summed E-state index contributed by atoms with van der Waals surface area (Å²) in [7, 11) is 1.43. The van der Waals surface area contributed by atoms with E-state index in [0.717, 1.165) is 0 Å². The van der Waals surface area contributed by atoms with Gasteiger partial charge in [0.15, 0.2) is 17.8 Å². The lowest BCUT2D eigenvalue weighted by Crippen LogP contribution is -2.25. The highest BCUT2D eigenvalue weighted by Crippen LogP contribution is 2.31. The molecule has 7 heteroatoms. The summed E-state index contributed by atoms with van der Waals surface area (Å²) in [5.41, 5.74) is -0.0552. The van der Waals surface area contributed by atoms with E-state index in [-0.39, 0.29) is 12.3 Å². The number of methoxy groups -OCH3 is 1. The molecule has 0 saturated heterocycles. The first kappa shape index (κ1) is 16.2. The van der Waals surface area contributed by atoms with E-state index in [2.05, 4.69) is 0 Å². The fraction of sp³-hybridized carbons (Fsp3) is 0.538. The quantitative estimate of drug-likeness (QED) is 0.393. The van der Waals surface area contributed by atoms with Gasteiger partial charge in [-0.3, -0.25) is 10.1 Å². The van der Waals surface area contributed by atoms with E-state index in [0.29, 0.717) is 24.7 Å². The molecule has 1 rings (SSSR count). The highest BCUT2D eigenvalue weighted by atomic mass is 16.7. The van der Waals surface area contributed by atoms with E-state index in [9.17, 15) is 10.1 Å². The molecule has 0 fully saturated rings. The fourth-order valence-corrected chi connectivity index (χ4v) is 1.56. The minimum Gasteiger partial charge on any atom is -0.493 e. The number of nitrogens with zero attached hydrogens (tertiary/aromatic N) is 1. The van der Waals surface area contributed by atoms with Crippen molar-refractivity contribution in [1.82, 2.24) is 0 Å². The molecule has 20 heavy (non-hydrogen) atoms. The summed E-state index contributed by atoms with van der Waals surface area (Å²) in [5, 5.41) is 10.7. The van der Waals surface area contributed by atoms with Crippen molar-refractivity contribution in [2.45, 2.75) is 20.1 Å². The van der Waals surface area contributed by atoms with Crippen LogP contribution in [0, 0.1) is 10.1 Å². The third kappa shape index (κ3) is 4.67. The van der Waals surface area contributed by atoms with Crippen molar-refractivity contribution in [3.63, 3.8) is 0 Å². The topological polar surface area (TPSA) is 80.1 Å². The number of non-ortho nitro benzene ring substituents is 1. The number of nitro benzene ring substituents is 1. The first-order valence-corrected chi connectivity index (χ1v) is 6.30. The van der Waals surface area contributed by atoms with Gasteiger partial charge in [-0.2, -0.15) is 0 Å². The zero-order valence-corrected chi connectivity index (χ0v) is 11.8. The largest absolute Gasteiger partial charge is 0.493 e. The number of benzene rings is 1. The third-order valence-corrected chi connectivity index (χ3v) is 2.44. The summed E-state index contributed by atoms with van der Waals surface area (Å²) in [6.07, 6.45) is -0.482. The maximum Gasteiger partial charge on any atom is 0.273 e. The molecule has 0 bridgehead atoms. The number of hydrogen-bond donors (Lipinski definition) is 0. The third-order valence-electron chi connectivity index (χ3n) is 2.44. The molecule has 0 aromatic heterocycles. The molecule has 0 unspecified atom stereocenters. The lowest BCUT2D eigenvalue weighted by Gasteiger charge is -2.18. The average molecular weight is 285 g/mol. The van der Waals surface area contributed by atoms with E-state index in [4.69, 9.17) is 18.9 Å². The smallest absolute Gasteiger partial charge is 0.273 e. The van der Waals surface area contributed by atoms with E-state index in [1.807, 2.05) is 13.8 Å². The van der Waals surface area contributed by atoms with Crippen LogP contribution in [0.4, 0.5) is 5.69 Å². The molecule has 1 aromatic rings. The Morgan fingerprint density at radius 3 is 2.35 bits per heavy atom. The second-order valence-corrected chi connectivity index (χ2v) is 3.74. The Labute approximate surface area is 117 Å². The fourth-order valence-electron chi connectivity index (χ4n) is 1.56. The van der Waals surface area contributed by atoms with Crippen LogP contribution in [0.1, 0.15) is 13.8 Å². The van der Waals surface area contributed by atoms with Gasteiger partial charge in [-0.15, -0.1) is 0 Å². The Morgan fingerprint density at radius 1 is 1.20 bits per heavy atom. The standard InChI is InChI=1S/C13H19NO6/c1-4-18-13(19-5-2)9-20-11-7-6-10(14(15)16)8-12(11)17-3/h6-8,13H,4-5,9H2,1-3H3. The molecule has 0 heterocycles. The van der Waals surface area contributed by atoms with Gasteiger partial charge >= 0.3 is 0 Å². The van der Waals surface area contributed by atoms with Gasteiger partial charge in [0.1, 0.15) is 6.61 Å². The highest BCUT2D eigenvalue weighted by molar-refractivity contribution is 5.48. The van der Waals surface area contributed by atoms with Crippen LogP contribution in [-0.2, 0) is 9.47 Å². The van der Waals surface area contributed by atoms with Gasteiger partial charge in [0, 0.05) is 19.3 Å². The molecule has 0 aliphatic rings. The number of ether oxygens (including phenoxy) is 4. The van der Waals surface area contributed by atoms with Crippen LogP contribution in [0.3, 0.4) is 0 Å². The summed E-state index contributed by atoms with van der Waals surface area (Å²) in [6.45, 7) is 4.91. The molecule has 112 valence electrons. The van der Waals surface area contributed by atoms with Crippen molar-refractivity contribution < 1.29 is 23.9 Å². The van der Waals surface area contributed by atoms with Crippen LogP contribution >= 0.6 is 0 Å². The highest BCUT2D eigenvalue weighted by Gasteiger charge is 2.15. The lowest BCUT2D eigenvalue weighted by molar-refractivity contribution is -0.385. The molecule has 7 nitrogen and oxygen atoms in total. The van der Waals surface area contributed by atoms with Crippen LogP contribution < -0.4 is 9.47 Å². The molecule has 0 atom stereocenters. The van der Waals surface area contributed by atoms with Crippen molar-refractivity contribution >= 4 is 5.69 Å². The van der Waals surface area contributed by atoms with Crippen molar-refractivity contribution in [2.75, 3.05) is 26.9 Å². The van der Waals surface area contributed by atoms with Gasteiger partial charge in [0.05, 0.1) is 18.1 Å². The number of hydrogen-bond acceptors (Lipinski definition) is 6. The van der Waals surface area contributed by atoms with Crippen molar-refractivity contribution in [2.24, 2.45) is 0 Å². The van der Waals surface area contributed by atoms with Crippen molar-refractivity contribution in [1.29, 1.82) is 0 Å². The minimum atomic E-state index is -0.491. The van der Waals surface area contributed by atoms with Crippen LogP contribution in [0.15, 0.2) is 18.2 Å². The van der Waals surface area contributed by atoms with E-state index >= 15 is 0 Å². The van der Waals surface area contributed by atoms with Gasteiger partial charge in [0.2, 0.25) is 0 Å². The predicted octanol–water partition coefficient (Wildman–Crippen LogP) is 2.38. The van der Waals surface area contributed by atoms with Gasteiger partial charge in [-0.05, 0) is 19.9 Å². The lowest BCUT2D eigenvalue weighted by atomic mass is 10.3. The summed E-state index contributed by atoms with van der Waals surface area (Å²) in [6, 6.07) is 4.16. The zero-order chi connectivity index (χ0) is 15.0. The summed E-state index contributed by atoms with van der Waals surface area (Å²) >= 11 is 0. The zero-order valence-electron chi connectivity index (χ0n) is 11.8. The molecule has 0 aliphatic carbocycles. The van der Waals surface area contributed by atoms with Crippen LogP contribution in [-0.4, -0.2) is 38.1 Å². The SMILES string of the molecule is CCOC(COc1ccc([N+](=O)[O-])cc1OC)OCC. The molecule has 0 aliphatic heterocycles. The Bertz CT molecular complexity index is 431. The second kappa shape index (κ2) is 8.34. The Hall–Kier alpha value is -1.86. The van der Waals surface area contributed by atoms with Crippen LogP contribution in [0.25, 0.3) is 0 Å². The normalized spacial score (nSPS) is 10.6. The van der Waals surface area contributed by atoms with Gasteiger partial charge < -0.3 is 18.9 Å². The van der Waals surface area contributed by atoms with Crippen molar-refractivity contribution in [3.05, 3.63) is 28.3 Å². The molecule has 0 radical (unpaired) electrons. The maximum atomic E-state index is 10.7. The molecule has 0 saturated carbocycles.